The predicted octanol–water partition coefficient (Wildman–Crippen LogP) is 3.30. The number of anilines is 1. The molecule has 2 heterocycles. The van der Waals surface area contributed by atoms with E-state index in [-0.39, 0.29) is 34.6 Å². The summed E-state index contributed by atoms with van der Waals surface area (Å²) in [6.07, 6.45) is 0.375. The second-order valence-corrected chi connectivity index (χ2v) is 10.8. The molecule has 1 aromatic carbocycles. The Kier molecular flexibility index (Phi) is 5.19. The van der Waals surface area contributed by atoms with E-state index in [0.29, 0.717) is 16.6 Å². The van der Waals surface area contributed by atoms with E-state index < -0.39 is 9.84 Å². The van der Waals surface area contributed by atoms with Crippen LogP contribution in [0.1, 0.15) is 25.8 Å². The highest BCUT2D eigenvalue weighted by molar-refractivity contribution is 8.16. The molecule has 0 spiro atoms. The Morgan fingerprint density at radius 2 is 2.12 bits per heavy atom. The largest absolute Gasteiger partial charge is 0.315 e. The molecule has 0 bridgehead atoms. The molecule has 5 nitrogen and oxygen atoms in total. The van der Waals surface area contributed by atoms with Crippen molar-refractivity contribution in [2.75, 3.05) is 16.4 Å². The third kappa shape index (κ3) is 4.04. The summed E-state index contributed by atoms with van der Waals surface area (Å²) in [5.74, 6) is 0.249. The number of carbonyl (C=O) groups excluding carboxylic acids is 1. The van der Waals surface area contributed by atoms with Crippen LogP contribution >= 0.6 is 23.4 Å². The highest BCUT2D eigenvalue weighted by atomic mass is 35.5. The number of amidine groups is 1. The molecule has 2 aliphatic rings. The topological polar surface area (TPSA) is 66.8 Å². The second-order valence-electron chi connectivity index (χ2n) is 6.99. The van der Waals surface area contributed by atoms with E-state index in [1.54, 1.807) is 6.07 Å². The van der Waals surface area contributed by atoms with Crippen molar-refractivity contribution in [3.8, 4) is 0 Å². The summed E-state index contributed by atoms with van der Waals surface area (Å²) < 4.78 is 24.1. The fourth-order valence-electron chi connectivity index (χ4n) is 3.19. The number of rotatable bonds is 3. The van der Waals surface area contributed by atoms with Crippen molar-refractivity contribution in [1.29, 1.82) is 0 Å². The van der Waals surface area contributed by atoms with Crippen LogP contribution in [-0.4, -0.2) is 42.3 Å². The molecule has 0 aromatic heterocycles. The molecule has 25 heavy (non-hydrogen) atoms. The summed E-state index contributed by atoms with van der Waals surface area (Å²) >= 11 is 7.55. The summed E-state index contributed by atoms with van der Waals surface area (Å²) in [6, 6.07) is 5.30. The number of thioether (sulfide) groups is 1. The number of aliphatic imine (C=N–C) groups is 1. The lowest BCUT2D eigenvalue weighted by molar-refractivity contribution is -0.118. The van der Waals surface area contributed by atoms with Crippen LogP contribution in [0, 0.1) is 12.8 Å². The van der Waals surface area contributed by atoms with Crippen molar-refractivity contribution >= 4 is 50.0 Å². The number of hydrogen-bond donors (Lipinski definition) is 0. The number of aryl methyl sites for hydroxylation is 1. The van der Waals surface area contributed by atoms with Gasteiger partial charge in [0.15, 0.2) is 15.0 Å². The van der Waals surface area contributed by atoms with Gasteiger partial charge in [-0.15, -0.1) is 0 Å². The maximum absolute atomic E-state index is 12.2. The van der Waals surface area contributed by atoms with E-state index in [9.17, 15) is 13.2 Å². The molecule has 0 aliphatic carbocycles. The molecule has 0 saturated carbocycles. The molecule has 136 valence electrons. The van der Waals surface area contributed by atoms with E-state index in [4.69, 9.17) is 11.6 Å². The van der Waals surface area contributed by atoms with E-state index in [1.807, 2.05) is 37.8 Å². The van der Waals surface area contributed by atoms with E-state index in [1.165, 1.54) is 11.8 Å². The average molecular weight is 401 g/mol. The highest BCUT2D eigenvalue weighted by Gasteiger charge is 2.49. The number of nitrogens with zero attached hydrogens (tertiary/aromatic N) is 2. The summed E-state index contributed by atoms with van der Waals surface area (Å²) in [5, 5.41) is 1.05. The van der Waals surface area contributed by atoms with Gasteiger partial charge in [0, 0.05) is 22.4 Å². The Bertz CT molecular complexity index is 836. The van der Waals surface area contributed by atoms with Gasteiger partial charge in [0.1, 0.15) is 0 Å². The Hall–Kier alpha value is -1.05. The smallest absolute Gasteiger partial charge is 0.248 e. The zero-order valence-corrected chi connectivity index (χ0v) is 16.8. The first-order valence-corrected chi connectivity index (χ1v) is 11.3. The summed E-state index contributed by atoms with van der Waals surface area (Å²) in [5.41, 5.74) is 1.79. The number of amides is 1. The van der Waals surface area contributed by atoms with Gasteiger partial charge in [0.2, 0.25) is 5.91 Å². The maximum atomic E-state index is 12.2. The minimum atomic E-state index is -3.08. The Balaban J connectivity index is 2.02. The molecule has 8 heteroatoms. The summed E-state index contributed by atoms with van der Waals surface area (Å²) in [7, 11) is -3.08. The Morgan fingerprint density at radius 3 is 2.80 bits per heavy atom. The minimum absolute atomic E-state index is 0.0774. The third-order valence-corrected chi connectivity index (χ3v) is 7.75. The van der Waals surface area contributed by atoms with Gasteiger partial charge in [-0.25, -0.2) is 8.42 Å². The molecule has 2 aliphatic heterocycles. The molecule has 1 amide bonds. The van der Waals surface area contributed by atoms with E-state index in [2.05, 4.69) is 4.99 Å². The van der Waals surface area contributed by atoms with Gasteiger partial charge in [-0.1, -0.05) is 43.3 Å². The Labute approximate surface area is 157 Å². The Morgan fingerprint density at radius 1 is 1.40 bits per heavy atom. The molecule has 2 atom stereocenters. The van der Waals surface area contributed by atoms with Crippen LogP contribution in [-0.2, 0) is 14.6 Å². The summed E-state index contributed by atoms with van der Waals surface area (Å²) in [4.78, 5) is 18.4. The van der Waals surface area contributed by atoms with Gasteiger partial charge in [-0.3, -0.25) is 4.79 Å². The number of hydrogen-bond acceptors (Lipinski definition) is 4. The average Bonchev–Trinajstić information content (AvgIpc) is 2.92. The number of benzene rings is 1. The molecule has 0 radical (unpaired) electrons. The molecular formula is C17H21ClN2O3S2. The first-order chi connectivity index (χ1) is 11.7. The minimum Gasteiger partial charge on any atom is -0.315 e. The number of halogens is 1. The van der Waals surface area contributed by atoms with Crippen LogP contribution in [0.25, 0.3) is 0 Å². The van der Waals surface area contributed by atoms with Gasteiger partial charge >= 0.3 is 0 Å². The predicted molar refractivity (Wildman–Crippen MR) is 104 cm³/mol. The van der Waals surface area contributed by atoms with Crippen molar-refractivity contribution in [1.82, 2.24) is 0 Å². The van der Waals surface area contributed by atoms with Gasteiger partial charge in [0.25, 0.3) is 0 Å². The van der Waals surface area contributed by atoms with Crippen molar-refractivity contribution in [2.45, 2.75) is 38.5 Å². The zero-order chi connectivity index (χ0) is 18.4. The van der Waals surface area contributed by atoms with Crippen LogP contribution in [0.2, 0.25) is 5.02 Å². The molecule has 3 rings (SSSR count). The standard InChI is InChI=1S/C17H21ClN2O3S2/c1-10(2)6-16(21)19-17-20(13-7-12(18)5-4-11(13)3)14-8-25(22,23)9-15(14)24-17/h4-5,7,10,14-15H,6,8-9H2,1-3H3/t14-,15+/m1/s1. The molecule has 0 N–H and O–H groups in total. The lowest BCUT2D eigenvalue weighted by Gasteiger charge is -2.26. The number of fused-ring (bicyclic) bond motifs is 1. The highest BCUT2D eigenvalue weighted by Crippen LogP contribution is 2.42. The van der Waals surface area contributed by atoms with Crippen molar-refractivity contribution < 1.29 is 13.2 Å². The monoisotopic (exact) mass is 400 g/mol. The van der Waals surface area contributed by atoms with Crippen LogP contribution in [0.4, 0.5) is 5.69 Å². The quantitative estimate of drug-likeness (QED) is 0.778. The SMILES string of the molecule is Cc1ccc(Cl)cc1N1C(=NC(=O)CC(C)C)S[C@H]2CS(=O)(=O)C[C@H]21. The van der Waals surface area contributed by atoms with Gasteiger partial charge in [-0.05, 0) is 30.5 Å². The molecule has 2 fully saturated rings. The van der Waals surface area contributed by atoms with Crippen molar-refractivity contribution in [3.63, 3.8) is 0 Å². The lowest BCUT2D eigenvalue weighted by Crippen LogP contribution is -2.38. The molecular weight excluding hydrogens is 380 g/mol. The van der Waals surface area contributed by atoms with Crippen LogP contribution in [0.5, 0.6) is 0 Å². The molecule has 1 aromatic rings. The van der Waals surface area contributed by atoms with Crippen LogP contribution in [0.15, 0.2) is 23.2 Å². The first-order valence-electron chi connectivity index (χ1n) is 8.20. The summed E-state index contributed by atoms with van der Waals surface area (Å²) in [6.45, 7) is 5.89. The van der Waals surface area contributed by atoms with Crippen LogP contribution in [0.3, 0.4) is 0 Å². The second kappa shape index (κ2) is 6.93. The number of sulfone groups is 1. The van der Waals surface area contributed by atoms with Crippen LogP contribution < -0.4 is 4.90 Å². The van der Waals surface area contributed by atoms with Gasteiger partial charge < -0.3 is 4.90 Å². The first kappa shape index (κ1) is 18.7. The van der Waals surface area contributed by atoms with E-state index >= 15 is 0 Å². The van der Waals surface area contributed by atoms with Gasteiger partial charge in [0.05, 0.1) is 17.5 Å². The van der Waals surface area contributed by atoms with Crippen molar-refractivity contribution in [2.24, 2.45) is 10.9 Å². The number of carbonyl (C=O) groups is 1. The molecule has 0 unspecified atom stereocenters. The maximum Gasteiger partial charge on any atom is 0.248 e. The molecule has 2 saturated heterocycles. The van der Waals surface area contributed by atoms with E-state index in [0.717, 1.165) is 11.3 Å². The lowest BCUT2D eigenvalue weighted by atomic mass is 10.1. The fraction of sp³-hybridized carbons (Fsp3) is 0.529. The normalized spacial score (nSPS) is 26.4. The van der Waals surface area contributed by atoms with Crippen molar-refractivity contribution in [3.05, 3.63) is 28.8 Å². The zero-order valence-electron chi connectivity index (χ0n) is 14.4. The fourth-order valence-corrected chi connectivity index (χ4v) is 7.28. The third-order valence-electron chi connectivity index (χ3n) is 4.30. The van der Waals surface area contributed by atoms with Gasteiger partial charge in [-0.2, -0.15) is 4.99 Å².